The molecule has 0 bridgehead atoms. The molecule has 4 nitrogen and oxygen atoms in total. The van der Waals surface area contributed by atoms with Gasteiger partial charge in [-0.3, -0.25) is 4.79 Å². The Bertz CT molecular complexity index is 434. The van der Waals surface area contributed by atoms with E-state index in [1.54, 1.807) is 0 Å². The minimum Gasteiger partial charge on any atom is -0.483 e. The third-order valence-electron chi connectivity index (χ3n) is 3.13. The number of carbonyl (C=O) groups is 1. The SMILES string of the molecule is CCC(CO)NC(=O)COc1ccccc1C(C)(C)C. The van der Waals surface area contributed by atoms with Crippen molar-refractivity contribution in [1.29, 1.82) is 0 Å². The largest absolute Gasteiger partial charge is 0.483 e. The maximum atomic E-state index is 11.8. The number of para-hydroxylation sites is 1. The van der Waals surface area contributed by atoms with E-state index in [2.05, 4.69) is 26.1 Å². The van der Waals surface area contributed by atoms with Gasteiger partial charge in [0, 0.05) is 0 Å². The van der Waals surface area contributed by atoms with Gasteiger partial charge in [0.1, 0.15) is 5.75 Å². The van der Waals surface area contributed by atoms with Gasteiger partial charge in [-0.2, -0.15) is 0 Å². The number of aliphatic hydroxyl groups excluding tert-OH is 1. The Hall–Kier alpha value is -1.55. The van der Waals surface area contributed by atoms with E-state index in [-0.39, 0.29) is 30.6 Å². The van der Waals surface area contributed by atoms with Crippen LogP contribution >= 0.6 is 0 Å². The van der Waals surface area contributed by atoms with E-state index in [0.29, 0.717) is 6.42 Å². The molecule has 1 atom stereocenters. The lowest BCUT2D eigenvalue weighted by Gasteiger charge is -2.22. The highest BCUT2D eigenvalue weighted by molar-refractivity contribution is 5.77. The number of amides is 1. The van der Waals surface area contributed by atoms with Crippen LogP contribution in [0.2, 0.25) is 0 Å². The van der Waals surface area contributed by atoms with Crippen molar-refractivity contribution in [3.8, 4) is 5.75 Å². The first-order chi connectivity index (χ1) is 9.38. The molecule has 1 aromatic rings. The molecule has 4 heteroatoms. The number of nitrogens with one attached hydrogen (secondary N) is 1. The maximum Gasteiger partial charge on any atom is 0.258 e. The quantitative estimate of drug-likeness (QED) is 0.839. The van der Waals surface area contributed by atoms with E-state index in [1.165, 1.54) is 0 Å². The number of rotatable bonds is 6. The molecule has 0 aromatic heterocycles. The van der Waals surface area contributed by atoms with E-state index in [9.17, 15) is 4.79 Å². The zero-order valence-electron chi connectivity index (χ0n) is 12.8. The molecular weight excluding hydrogens is 254 g/mol. The highest BCUT2D eigenvalue weighted by Crippen LogP contribution is 2.30. The first kappa shape index (κ1) is 16.5. The minimum absolute atomic E-state index is 0.0376. The number of hydrogen-bond acceptors (Lipinski definition) is 3. The maximum absolute atomic E-state index is 11.8. The van der Waals surface area contributed by atoms with Gasteiger partial charge < -0.3 is 15.2 Å². The van der Waals surface area contributed by atoms with Crippen LogP contribution < -0.4 is 10.1 Å². The molecule has 0 aliphatic heterocycles. The lowest BCUT2D eigenvalue weighted by Crippen LogP contribution is -2.39. The second-order valence-corrected chi connectivity index (χ2v) is 5.89. The van der Waals surface area contributed by atoms with Gasteiger partial charge in [0.2, 0.25) is 0 Å². The summed E-state index contributed by atoms with van der Waals surface area (Å²) in [5.74, 6) is 0.516. The van der Waals surface area contributed by atoms with Crippen LogP contribution in [0.15, 0.2) is 24.3 Å². The van der Waals surface area contributed by atoms with Crippen LogP contribution in [-0.4, -0.2) is 30.3 Å². The molecule has 0 heterocycles. The number of carbonyl (C=O) groups excluding carboxylic acids is 1. The fourth-order valence-electron chi connectivity index (χ4n) is 1.90. The van der Waals surface area contributed by atoms with Crippen molar-refractivity contribution >= 4 is 5.91 Å². The zero-order chi connectivity index (χ0) is 15.2. The predicted molar refractivity (Wildman–Crippen MR) is 79.9 cm³/mol. The minimum atomic E-state index is -0.213. The molecule has 1 aromatic carbocycles. The summed E-state index contributed by atoms with van der Waals surface area (Å²) >= 11 is 0. The zero-order valence-corrected chi connectivity index (χ0v) is 12.8. The van der Waals surface area contributed by atoms with Crippen LogP contribution in [0, 0.1) is 0 Å². The van der Waals surface area contributed by atoms with Crippen LogP contribution in [0.5, 0.6) is 5.75 Å². The summed E-state index contributed by atoms with van der Waals surface area (Å²) in [5, 5.41) is 11.8. The van der Waals surface area contributed by atoms with Gasteiger partial charge in [0.05, 0.1) is 12.6 Å². The lowest BCUT2D eigenvalue weighted by atomic mass is 9.86. The van der Waals surface area contributed by atoms with Crippen molar-refractivity contribution in [2.45, 2.75) is 45.6 Å². The third-order valence-corrected chi connectivity index (χ3v) is 3.13. The fourth-order valence-corrected chi connectivity index (χ4v) is 1.90. The van der Waals surface area contributed by atoms with Gasteiger partial charge in [-0.25, -0.2) is 0 Å². The van der Waals surface area contributed by atoms with E-state index >= 15 is 0 Å². The molecular formula is C16H25NO3. The van der Waals surface area contributed by atoms with E-state index in [4.69, 9.17) is 9.84 Å². The van der Waals surface area contributed by atoms with Crippen LogP contribution in [0.1, 0.15) is 39.7 Å². The monoisotopic (exact) mass is 279 g/mol. The van der Waals surface area contributed by atoms with Gasteiger partial charge in [0.25, 0.3) is 5.91 Å². The normalized spacial score (nSPS) is 12.8. The first-order valence-electron chi connectivity index (χ1n) is 7.01. The summed E-state index contributed by atoms with van der Waals surface area (Å²) in [7, 11) is 0. The van der Waals surface area contributed by atoms with Gasteiger partial charge in [-0.15, -0.1) is 0 Å². The van der Waals surface area contributed by atoms with Crippen molar-refractivity contribution in [1.82, 2.24) is 5.32 Å². The second-order valence-electron chi connectivity index (χ2n) is 5.89. The Kier molecular flexibility index (Phi) is 6.02. The lowest BCUT2D eigenvalue weighted by molar-refractivity contribution is -0.124. The molecule has 0 radical (unpaired) electrons. The van der Waals surface area contributed by atoms with Crippen LogP contribution in [0.4, 0.5) is 0 Å². The Morgan fingerprint density at radius 3 is 2.55 bits per heavy atom. The molecule has 20 heavy (non-hydrogen) atoms. The predicted octanol–water partition coefficient (Wildman–Crippen LogP) is 2.25. The standard InChI is InChI=1S/C16H25NO3/c1-5-12(10-18)17-15(19)11-20-14-9-7-6-8-13(14)16(2,3)4/h6-9,12,18H,5,10-11H2,1-4H3,(H,17,19). The highest BCUT2D eigenvalue weighted by Gasteiger charge is 2.19. The summed E-state index contributed by atoms with van der Waals surface area (Å²) in [6, 6.07) is 7.54. The third kappa shape index (κ3) is 4.85. The average Bonchev–Trinajstić information content (AvgIpc) is 2.41. The molecule has 1 amide bonds. The molecule has 0 fully saturated rings. The van der Waals surface area contributed by atoms with Gasteiger partial charge in [0.15, 0.2) is 6.61 Å². The van der Waals surface area contributed by atoms with Crippen LogP contribution in [0.3, 0.4) is 0 Å². The van der Waals surface area contributed by atoms with Gasteiger partial charge >= 0.3 is 0 Å². The summed E-state index contributed by atoms with van der Waals surface area (Å²) in [6.07, 6.45) is 0.695. The fraction of sp³-hybridized carbons (Fsp3) is 0.562. The summed E-state index contributed by atoms with van der Waals surface area (Å²) < 4.78 is 5.62. The molecule has 1 rings (SSSR count). The number of ether oxygens (including phenoxy) is 1. The summed E-state index contributed by atoms with van der Waals surface area (Å²) in [6.45, 7) is 8.14. The molecule has 0 saturated carbocycles. The Balaban J connectivity index is 2.64. The topological polar surface area (TPSA) is 58.6 Å². The first-order valence-corrected chi connectivity index (χ1v) is 7.01. The Labute approximate surface area is 121 Å². The Morgan fingerprint density at radius 2 is 2.00 bits per heavy atom. The van der Waals surface area contributed by atoms with Crippen molar-refractivity contribution in [3.63, 3.8) is 0 Å². The molecule has 112 valence electrons. The Morgan fingerprint density at radius 1 is 1.35 bits per heavy atom. The second kappa shape index (κ2) is 7.29. The van der Waals surface area contributed by atoms with Crippen LogP contribution in [0.25, 0.3) is 0 Å². The molecule has 0 aliphatic carbocycles. The molecule has 2 N–H and O–H groups in total. The average molecular weight is 279 g/mol. The molecule has 0 aliphatic rings. The van der Waals surface area contributed by atoms with Crippen molar-refractivity contribution < 1.29 is 14.6 Å². The smallest absolute Gasteiger partial charge is 0.258 e. The van der Waals surface area contributed by atoms with Crippen molar-refractivity contribution in [2.75, 3.05) is 13.2 Å². The van der Waals surface area contributed by atoms with E-state index < -0.39 is 0 Å². The molecule has 0 saturated heterocycles. The number of hydrogen-bond donors (Lipinski definition) is 2. The molecule has 1 unspecified atom stereocenters. The summed E-state index contributed by atoms with van der Waals surface area (Å²) in [4.78, 5) is 11.8. The number of aliphatic hydroxyl groups is 1. The van der Waals surface area contributed by atoms with E-state index in [0.717, 1.165) is 11.3 Å². The van der Waals surface area contributed by atoms with Gasteiger partial charge in [-0.1, -0.05) is 45.9 Å². The molecule has 0 spiro atoms. The van der Waals surface area contributed by atoms with Crippen molar-refractivity contribution in [3.05, 3.63) is 29.8 Å². The highest BCUT2D eigenvalue weighted by atomic mass is 16.5. The van der Waals surface area contributed by atoms with Crippen LogP contribution in [-0.2, 0) is 10.2 Å². The van der Waals surface area contributed by atoms with Gasteiger partial charge in [-0.05, 0) is 23.5 Å². The van der Waals surface area contributed by atoms with E-state index in [1.807, 2.05) is 31.2 Å². The summed E-state index contributed by atoms with van der Waals surface area (Å²) in [5.41, 5.74) is 1.03. The number of benzene rings is 1. The van der Waals surface area contributed by atoms with Crippen molar-refractivity contribution in [2.24, 2.45) is 0 Å².